The number of hydrogen-bond donors (Lipinski definition) is 2. The van der Waals surface area contributed by atoms with E-state index in [9.17, 15) is 29.4 Å². The second-order valence-corrected chi connectivity index (χ2v) is 12.0. The molecule has 4 aliphatic rings. The van der Waals surface area contributed by atoms with E-state index in [4.69, 9.17) is 4.74 Å². The fraction of sp³-hybridized carbons (Fsp3) is 0.500. The Bertz CT molecular complexity index is 1330. The number of carbonyl (C=O) groups is 4. The maximum atomic E-state index is 14.1. The zero-order valence-corrected chi connectivity index (χ0v) is 23.2. The molecule has 2 unspecified atom stereocenters. The van der Waals surface area contributed by atoms with Gasteiger partial charge in [-0.05, 0) is 39.8 Å². The second-order valence-electron chi connectivity index (χ2n) is 12.0. The molecule has 0 aromatic heterocycles. The average Bonchev–Trinajstić information content (AvgIpc) is 3.39. The molecule has 9 heteroatoms. The third-order valence-electron chi connectivity index (χ3n) is 10.2. The Labute approximate surface area is 239 Å². The third-order valence-corrected chi connectivity index (χ3v) is 10.2. The van der Waals surface area contributed by atoms with Crippen LogP contribution in [0.25, 0.3) is 0 Å². The van der Waals surface area contributed by atoms with Crippen LogP contribution >= 0.6 is 0 Å². The number of hydrogen-bond acceptors (Lipinski definition) is 8. The Kier molecular flexibility index (Phi) is 7.30. The molecule has 0 amide bonds. The van der Waals surface area contributed by atoms with Gasteiger partial charge in [-0.2, -0.15) is 0 Å². The van der Waals surface area contributed by atoms with Crippen molar-refractivity contribution < 1.29 is 34.1 Å². The summed E-state index contributed by atoms with van der Waals surface area (Å²) in [7, 11) is 3.69. The molecule has 0 saturated carbocycles. The number of aliphatic hydroxyl groups is 1. The first kappa shape index (κ1) is 27.8. The Balaban J connectivity index is 1.34. The SMILES string of the molecule is CN1[C@@H]2CC[C@H]1C(C(=O)c1ccccc1)[C@H](O)[C@@H]2C(=O)O[C@H]1C(C(=O)c2ccccc2)[C@@H]2CC[C@H]([C@H]1C(=O)O)N2C. The summed E-state index contributed by atoms with van der Waals surface area (Å²) in [6.07, 6.45) is -0.0350. The van der Waals surface area contributed by atoms with Gasteiger partial charge in [0.15, 0.2) is 11.6 Å². The first-order valence-electron chi connectivity index (χ1n) is 14.4. The minimum Gasteiger partial charge on any atom is -0.481 e. The summed E-state index contributed by atoms with van der Waals surface area (Å²) in [5.74, 6) is -6.20. The van der Waals surface area contributed by atoms with Gasteiger partial charge in [-0.25, -0.2) is 0 Å². The van der Waals surface area contributed by atoms with Gasteiger partial charge in [0.1, 0.15) is 12.0 Å². The Hall–Kier alpha value is -3.40. The van der Waals surface area contributed by atoms with E-state index in [1.807, 2.05) is 30.0 Å². The number of benzene rings is 2. The minimum absolute atomic E-state index is 0.217. The summed E-state index contributed by atoms with van der Waals surface area (Å²) in [4.78, 5) is 58.2. The summed E-state index contributed by atoms with van der Waals surface area (Å²) >= 11 is 0. The van der Waals surface area contributed by atoms with Gasteiger partial charge in [-0.3, -0.25) is 29.0 Å². The molecule has 0 spiro atoms. The molecule has 0 radical (unpaired) electrons. The van der Waals surface area contributed by atoms with Crippen LogP contribution in [0, 0.1) is 23.7 Å². The van der Waals surface area contributed by atoms with Gasteiger partial charge < -0.3 is 14.9 Å². The maximum Gasteiger partial charge on any atom is 0.313 e. The number of aliphatic carboxylic acids is 1. The molecule has 4 bridgehead atoms. The first-order valence-corrected chi connectivity index (χ1v) is 14.4. The van der Waals surface area contributed by atoms with Gasteiger partial charge in [0.2, 0.25) is 0 Å². The predicted octanol–water partition coefficient (Wildman–Crippen LogP) is 2.53. The van der Waals surface area contributed by atoms with Crippen molar-refractivity contribution in [3.05, 3.63) is 71.8 Å². The smallest absolute Gasteiger partial charge is 0.313 e. The van der Waals surface area contributed by atoms with Gasteiger partial charge >= 0.3 is 11.9 Å². The zero-order chi connectivity index (χ0) is 29.0. The fourth-order valence-electron chi connectivity index (χ4n) is 8.27. The molecular formula is C32H36N2O7. The summed E-state index contributed by atoms with van der Waals surface area (Å²) in [6, 6.07) is 16.2. The number of ether oxygens (including phenoxy) is 1. The molecule has 2 aromatic carbocycles. The molecule has 2 aromatic rings. The number of esters is 1. The van der Waals surface area contributed by atoms with Crippen LogP contribution in [0.15, 0.2) is 60.7 Å². The molecule has 10 atom stereocenters. The number of nitrogens with zero attached hydrogens (tertiary/aromatic N) is 2. The van der Waals surface area contributed by atoms with Gasteiger partial charge in [0.05, 0.1) is 23.9 Å². The highest BCUT2D eigenvalue weighted by molar-refractivity contribution is 6.00. The number of carboxylic acid groups (broad SMARTS) is 1. The molecule has 6 rings (SSSR count). The number of aliphatic hydroxyl groups excluding tert-OH is 1. The number of piperidine rings is 2. The molecule has 41 heavy (non-hydrogen) atoms. The molecule has 2 N–H and O–H groups in total. The second kappa shape index (κ2) is 10.8. The van der Waals surface area contributed by atoms with Crippen LogP contribution in [0.1, 0.15) is 46.4 Å². The van der Waals surface area contributed by atoms with E-state index in [0.29, 0.717) is 36.8 Å². The largest absolute Gasteiger partial charge is 0.481 e. The average molecular weight is 561 g/mol. The summed E-state index contributed by atoms with van der Waals surface area (Å²) in [5, 5.41) is 22.0. The number of ketones is 2. The van der Waals surface area contributed by atoms with Crippen molar-refractivity contribution in [3.63, 3.8) is 0 Å². The van der Waals surface area contributed by atoms with E-state index in [-0.39, 0.29) is 35.7 Å². The maximum absolute atomic E-state index is 14.1. The molecule has 0 aliphatic carbocycles. The van der Waals surface area contributed by atoms with Crippen molar-refractivity contribution in [1.82, 2.24) is 9.80 Å². The van der Waals surface area contributed by atoms with Gasteiger partial charge in [0.25, 0.3) is 0 Å². The molecule has 4 saturated heterocycles. The van der Waals surface area contributed by atoms with Gasteiger partial charge in [-0.1, -0.05) is 60.7 Å². The Morgan fingerprint density at radius 1 is 0.659 bits per heavy atom. The lowest BCUT2D eigenvalue weighted by Crippen LogP contribution is -2.63. The number of carbonyl (C=O) groups excluding carboxylic acids is 3. The highest BCUT2D eigenvalue weighted by Gasteiger charge is 2.61. The minimum atomic E-state index is -1.29. The summed E-state index contributed by atoms with van der Waals surface area (Å²) < 4.78 is 6.13. The van der Waals surface area contributed by atoms with E-state index < -0.39 is 47.8 Å². The van der Waals surface area contributed by atoms with E-state index in [0.717, 1.165) is 0 Å². The summed E-state index contributed by atoms with van der Waals surface area (Å²) in [6.45, 7) is 0. The standard InChI is InChI=1S/C32H36N2O7/c1-33-19-13-15-21(33)25(29(37)23(19)27(35)17-9-5-3-6-10-17)32(40)41-30-24(28(36)18-11-7-4-8-12-18)20-14-16-22(34(20)2)26(30)31(38)39/h3-12,19-26,29-30,37H,13-16H2,1-2H3,(H,38,39)/t19-,20-,21+,22+,23?,24?,25+,26+,29-,30-/m0/s1. The zero-order valence-electron chi connectivity index (χ0n) is 23.2. The van der Waals surface area contributed by atoms with Crippen molar-refractivity contribution in [2.75, 3.05) is 14.1 Å². The van der Waals surface area contributed by atoms with E-state index in [2.05, 4.69) is 0 Å². The van der Waals surface area contributed by atoms with Crippen LogP contribution in [0.2, 0.25) is 0 Å². The van der Waals surface area contributed by atoms with Crippen LogP contribution in [0.5, 0.6) is 0 Å². The molecular weight excluding hydrogens is 524 g/mol. The number of Topliss-reactive ketones (excluding diaryl/α,β-unsaturated/α-hetero) is 2. The highest BCUT2D eigenvalue weighted by atomic mass is 16.5. The molecule has 216 valence electrons. The fourth-order valence-corrected chi connectivity index (χ4v) is 8.27. The lowest BCUT2D eigenvalue weighted by atomic mass is 9.75. The first-order chi connectivity index (χ1) is 19.7. The highest BCUT2D eigenvalue weighted by Crippen LogP contribution is 2.47. The topological polar surface area (TPSA) is 124 Å². The predicted molar refractivity (Wildman–Crippen MR) is 148 cm³/mol. The lowest BCUT2D eigenvalue weighted by Gasteiger charge is -2.47. The van der Waals surface area contributed by atoms with Gasteiger partial charge in [0, 0.05) is 35.3 Å². The van der Waals surface area contributed by atoms with E-state index in [1.54, 1.807) is 54.6 Å². The lowest BCUT2D eigenvalue weighted by molar-refractivity contribution is -0.182. The summed E-state index contributed by atoms with van der Waals surface area (Å²) in [5.41, 5.74) is 0.903. The van der Waals surface area contributed by atoms with Crippen molar-refractivity contribution in [2.45, 2.75) is 62.1 Å². The molecule has 4 fully saturated rings. The van der Waals surface area contributed by atoms with Crippen LogP contribution in [0.4, 0.5) is 0 Å². The van der Waals surface area contributed by atoms with Crippen LogP contribution in [-0.2, 0) is 14.3 Å². The number of carboxylic acids is 1. The van der Waals surface area contributed by atoms with E-state index in [1.165, 1.54) is 0 Å². The monoisotopic (exact) mass is 560 g/mol. The molecule has 9 nitrogen and oxygen atoms in total. The van der Waals surface area contributed by atoms with Crippen molar-refractivity contribution >= 4 is 23.5 Å². The Morgan fingerprint density at radius 3 is 1.56 bits per heavy atom. The number of fused-ring (bicyclic) bond motifs is 4. The van der Waals surface area contributed by atoms with Crippen molar-refractivity contribution in [3.8, 4) is 0 Å². The molecule has 4 aliphatic heterocycles. The molecule has 4 heterocycles. The normalized spacial score (nSPS) is 36.6. The van der Waals surface area contributed by atoms with E-state index >= 15 is 0 Å². The van der Waals surface area contributed by atoms with Crippen LogP contribution in [0.3, 0.4) is 0 Å². The quantitative estimate of drug-likeness (QED) is 0.388. The van der Waals surface area contributed by atoms with Gasteiger partial charge in [-0.15, -0.1) is 0 Å². The van der Waals surface area contributed by atoms with Crippen LogP contribution in [-0.4, -0.2) is 94.0 Å². The van der Waals surface area contributed by atoms with Crippen LogP contribution < -0.4 is 0 Å². The van der Waals surface area contributed by atoms with Crippen molar-refractivity contribution in [1.29, 1.82) is 0 Å². The van der Waals surface area contributed by atoms with Crippen molar-refractivity contribution in [2.24, 2.45) is 23.7 Å². The third kappa shape index (κ3) is 4.51. The number of rotatable bonds is 7. The Morgan fingerprint density at radius 2 is 1.07 bits per heavy atom.